The van der Waals surface area contributed by atoms with Crippen LogP contribution in [-0.2, 0) is 0 Å². The average molecular weight is 534 g/mol. The van der Waals surface area contributed by atoms with E-state index in [0.717, 1.165) is 38.8 Å². The first-order chi connectivity index (χ1) is 20.8. The number of aromatic nitrogens is 1. The van der Waals surface area contributed by atoms with Crippen molar-refractivity contribution in [3.8, 4) is 39.1 Å². The van der Waals surface area contributed by atoms with Gasteiger partial charge in [0.2, 0.25) is 0 Å². The summed E-state index contributed by atoms with van der Waals surface area (Å²) >= 11 is 0. The lowest BCUT2D eigenvalue weighted by atomic mass is 9.99. The van der Waals surface area contributed by atoms with E-state index in [2.05, 4.69) is 132 Å². The first kappa shape index (κ1) is 22.1. The van der Waals surface area contributed by atoms with Gasteiger partial charge in [-0.05, 0) is 63.5 Å². The maximum Gasteiger partial charge on any atom is 0.143 e. The molecule has 42 heavy (non-hydrogen) atoms. The second-order valence-electron chi connectivity index (χ2n) is 11.3. The Hall–Kier alpha value is -5.60. The van der Waals surface area contributed by atoms with Crippen molar-refractivity contribution in [3.05, 3.63) is 140 Å². The molecule has 0 atom stereocenters. The van der Waals surface area contributed by atoms with Gasteiger partial charge in [-0.15, -0.1) is 0 Å². The fraction of sp³-hybridized carbons (Fsp3) is 0. The van der Waals surface area contributed by atoms with E-state index in [9.17, 15) is 0 Å². The molecule has 0 aliphatic heterocycles. The fourth-order valence-corrected chi connectivity index (χ4v) is 7.36. The third-order valence-corrected chi connectivity index (χ3v) is 9.14. The van der Waals surface area contributed by atoms with Crippen molar-refractivity contribution in [2.24, 2.45) is 0 Å². The molecule has 2 heterocycles. The zero-order chi connectivity index (χ0) is 27.4. The monoisotopic (exact) mass is 533 g/mol. The molecule has 0 bridgehead atoms. The van der Waals surface area contributed by atoms with E-state index in [0.29, 0.717) is 0 Å². The van der Waals surface area contributed by atoms with Crippen LogP contribution in [0.25, 0.3) is 93.6 Å². The van der Waals surface area contributed by atoms with Gasteiger partial charge in [-0.25, -0.2) is 0 Å². The van der Waals surface area contributed by atoms with Crippen LogP contribution < -0.4 is 0 Å². The molecule has 0 amide bonds. The minimum atomic E-state index is 0.923. The molecule has 2 aromatic heterocycles. The van der Waals surface area contributed by atoms with Crippen LogP contribution in [0.15, 0.2) is 144 Å². The highest BCUT2D eigenvalue weighted by atomic mass is 16.3. The third kappa shape index (κ3) is 2.78. The van der Waals surface area contributed by atoms with Crippen LogP contribution in [0.3, 0.4) is 0 Å². The van der Waals surface area contributed by atoms with Gasteiger partial charge in [0, 0.05) is 38.2 Å². The van der Waals surface area contributed by atoms with Crippen LogP contribution in [0, 0.1) is 0 Å². The number of para-hydroxylation sites is 3. The van der Waals surface area contributed by atoms with Crippen LogP contribution in [0.4, 0.5) is 0 Å². The smallest absolute Gasteiger partial charge is 0.143 e. The normalized spacial score (nSPS) is 12.3. The van der Waals surface area contributed by atoms with E-state index in [-0.39, 0.29) is 0 Å². The molecule has 0 unspecified atom stereocenters. The van der Waals surface area contributed by atoms with Crippen molar-refractivity contribution in [2.75, 3.05) is 0 Å². The Labute approximate surface area is 241 Å². The molecule has 2 heteroatoms. The lowest BCUT2D eigenvalue weighted by molar-refractivity contribution is 0.670. The van der Waals surface area contributed by atoms with Gasteiger partial charge in [0.25, 0.3) is 0 Å². The number of fused-ring (bicyclic) bond motifs is 10. The molecule has 0 radical (unpaired) electrons. The molecule has 1 aliphatic rings. The summed E-state index contributed by atoms with van der Waals surface area (Å²) in [6.45, 7) is 0. The summed E-state index contributed by atoms with van der Waals surface area (Å²) in [5, 5.41) is 7.52. The minimum absolute atomic E-state index is 0.923. The summed E-state index contributed by atoms with van der Waals surface area (Å²) in [5.41, 5.74) is 13.1. The van der Waals surface area contributed by atoms with Gasteiger partial charge in [0.05, 0.1) is 11.0 Å². The predicted molar refractivity (Wildman–Crippen MR) is 175 cm³/mol. The summed E-state index contributed by atoms with van der Waals surface area (Å²) in [5.74, 6) is 0. The lowest BCUT2D eigenvalue weighted by Crippen LogP contribution is -1.95. The number of nitrogens with zero attached hydrogens (tertiary/aromatic N) is 1. The molecule has 7 aromatic carbocycles. The van der Waals surface area contributed by atoms with Crippen molar-refractivity contribution in [3.63, 3.8) is 0 Å². The standard InChI is InChI=1S/C40H23NO/c1-2-10-28-27(9-1)31-14-8-16-33-38(31)34(28)23-35-29-11-3-5-17-36(29)41(39(33)35)25-21-19-24(20-22-25)26-13-7-15-32-30-12-4-6-18-37(30)42-40(26)32/h1-23H. The maximum atomic E-state index is 6.35. The molecule has 0 saturated heterocycles. The summed E-state index contributed by atoms with van der Waals surface area (Å²) < 4.78 is 8.80. The van der Waals surface area contributed by atoms with Gasteiger partial charge in [0.15, 0.2) is 0 Å². The number of rotatable bonds is 2. The molecule has 0 spiro atoms. The Morgan fingerprint density at radius 2 is 1.07 bits per heavy atom. The summed E-state index contributed by atoms with van der Waals surface area (Å²) in [4.78, 5) is 0. The summed E-state index contributed by atoms with van der Waals surface area (Å²) in [6.07, 6.45) is 0. The molecule has 0 fully saturated rings. The van der Waals surface area contributed by atoms with Crippen molar-refractivity contribution in [1.82, 2.24) is 4.57 Å². The van der Waals surface area contributed by atoms with E-state index in [1.165, 1.54) is 54.8 Å². The Balaban J connectivity index is 1.23. The van der Waals surface area contributed by atoms with Crippen LogP contribution in [0.1, 0.15) is 0 Å². The van der Waals surface area contributed by atoms with Gasteiger partial charge in [0.1, 0.15) is 11.2 Å². The number of furan rings is 1. The molecule has 1 aliphatic carbocycles. The van der Waals surface area contributed by atoms with Crippen molar-refractivity contribution >= 4 is 54.5 Å². The molecular formula is C40H23NO. The number of hydrogen-bond donors (Lipinski definition) is 0. The second kappa shape index (κ2) is 7.99. The zero-order valence-electron chi connectivity index (χ0n) is 22.6. The molecule has 194 valence electrons. The van der Waals surface area contributed by atoms with Gasteiger partial charge in [-0.3, -0.25) is 0 Å². The molecule has 10 rings (SSSR count). The average Bonchev–Trinajstić information content (AvgIpc) is 3.71. The van der Waals surface area contributed by atoms with Crippen molar-refractivity contribution in [1.29, 1.82) is 0 Å². The number of hydrogen-bond acceptors (Lipinski definition) is 1. The topological polar surface area (TPSA) is 18.1 Å². The van der Waals surface area contributed by atoms with E-state index in [1.807, 2.05) is 12.1 Å². The van der Waals surface area contributed by atoms with E-state index >= 15 is 0 Å². The summed E-state index contributed by atoms with van der Waals surface area (Å²) in [7, 11) is 0. The first-order valence-electron chi connectivity index (χ1n) is 14.4. The molecule has 0 N–H and O–H groups in total. The fourth-order valence-electron chi connectivity index (χ4n) is 7.36. The van der Waals surface area contributed by atoms with Crippen molar-refractivity contribution < 1.29 is 4.42 Å². The summed E-state index contributed by atoms with van der Waals surface area (Å²) in [6, 6.07) is 50.5. The predicted octanol–water partition coefficient (Wildman–Crippen LogP) is 11.2. The van der Waals surface area contributed by atoms with Crippen LogP contribution in [-0.4, -0.2) is 4.57 Å². The molecule has 0 saturated carbocycles. The van der Waals surface area contributed by atoms with E-state index < -0.39 is 0 Å². The largest absolute Gasteiger partial charge is 0.455 e. The first-order valence-corrected chi connectivity index (χ1v) is 14.4. The van der Waals surface area contributed by atoms with E-state index in [4.69, 9.17) is 4.42 Å². The lowest BCUT2D eigenvalue weighted by Gasteiger charge is -2.12. The quantitative estimate of drug-likeness (QED) is 0.216. The van der Waals surface area contributed by atoms with Gasteiger partial charge < -0.3 is 8.98 Å². The highest BCUT2D eigenvalue weighted by molar-refractivity contribution is 6.27. The third-order valence-electron chi connectivity index (χ3n) is 9.14. The highest BCUT2D eigenvalue weighted by Crippen LogP contribution is 2.51. The second-order valence-corrected chi connectivity index (χ2v) is 11.3. The SMILES string of the molecule is c1ccc2c(c1)-c1cccc3c1c-2cc1c2ccccc2n(-c2ccc(-c4cccc5c4oc4ccccc45)cc2)c31. The Morgan fingerprint density at radius 1 is 0.429 bits per heavy atom. The van der Waals surface area contributed by atoms with Gasteiger partial charge in [-0.1, -0.05) is 109 Å². The minimum Gasteiger partial charge on any atom is -0.455 e. The zero-order valence-corrected chi connectivity index (χ0v) is 22.6. The Bertz CT molecular complexity index is 2560. The number of benzene rings is 7. The maximum absolute atomic E-state index is 6.35. The molecule has 9 aromatic rings. The van der Waals surface area contributed by atoms with Crippen molar-refractivity contribution in [2.45, 2.75) is 0 Å². The Morgan fingerprint density at radius 3 is 1.93 bits per heavy atom. The van der Waals surface area contributed by atoms with Gasteiger partial charge >= 0.3 is 0 Å². The molecular weight excluding hydrogens is 510 g/mol. The van der Waals surface area contributed by atoms with E-state index in [1.54, 1.807) is 0 Å². The van der Waals surface area contributed by atoms with Crippen LogP contribution in [0.2, 0.25) is 0 Å². The Kier molecular flexibility index (Phi) is 4.21. The van der Waals surface area contributed by atoms with Crippen LogP contribution in [0.5, 0.6) is 0 Å². The molecule has 2 nitrogen and oxygen atoms in total. The van der Waals surface area contributed by atoms with Crippen LogP contribution >= 0.6 is 0 Å². The highest BCUT2D eigenvalue weighted by Gasteiger charge is 2.25. The van der Waals surface area contributed by atoms with Gasteiger partial charge in [-0.2, -0.15) is 0 Å².